The largest absolute Gasteiger partial charge is 0.493 e. The molecule has 0 aromatic heterocycles. The van der Waals surface area contributed by atoms with Gasteiger partial charge in [0.1, 0.15) is 17.4 Å². The van der Waals surface area contributed by atoms with E-state index in [2.05, 4.69) is 0 Å². The zero-order valence-corrected chi connectivity index (χ0v) is 15.4. The van der Waals surface area contributed by atoms with Crippen molar-refractivity contribution in [3.05, 3.63) is 46.6 Å². The lowest BCUT2D eigenvalue weighted by atomic mass is 9.82. The average Bonchev–Trinajstić information content (AvgIpc) is 2.66. The van der Waals surface area contributed by atoms with Crippen molar-refractivity contribution >= 4 is 17.6 Å². The Bertz CT molecular complexity index is 810. The standard InChI is InChI=1S/C18H19ClN2O5/c1-4-25-18(22)15-13(8-19)26-17(21)11(9-20)14(15)10-6-5-7-12(23-2)16(10)24-3/h5-7,14H,4,8,21H2,1-3H3. The maximum Gasteiger partial charge on any atom is 0.338 e. The summed E-state index contributed by atoms with van der Waals surface area (Å²) in [7, 11) is 2.96. The lowest BCUT2D eigenvalue weighted by Crippen LogP contribution is -2.27. The van der Waals surface area contributed by atoms with Crippen LogP contribution in [0.5, 0.6) is 11.5 Å². The monoisotopic (exact) mass is 378 g/mol. The Hall–Kier alpha value is -2.85. The Morgan fingerprint density at radius 2 is 2.12 bits per heavy atom. The topological polar surface area (TPSA) is 104 Å². The second kappa shape index (κ2) is 8.50. The zero-order valence-electron chi connectivity index (χ0n) is 14.7. The van der Waals surface area contributed by atoms with E-state index in [1.165, 1.54) is 14.2 Å². The minimum Gasteiger partial charge on any atom is -0.493 e. The Morgan fingerprint density at radius 1 is 1.38 bits per heavy atom. The molecule has 1 aliphatic heterocycles. The van der Waals surface area contributed by atoms with Crippen LogP contribution in [0.3, 0.4) is 0 Å². The van der Waals surface area contributed by atoms with E-state index < -0.39 is 11.9 Å². The number of halogens is 1. The van der Waals surface area contributed by atoms with Gasteiger partial charge in [-0.25, -0.2) is 4.79 Å². The molecule has 0 saturated heterocycles. The van der Waals surface area contributed by atoms with Crippen molar-refractivity contribution in [2.45, 2.75) is 12.8 Å². The smallest absolute Gasteiger partial charge is 0.338 e. The van der Waals surface area contributed by atoms with Crippen LogP contribution in [0.4, 0.5) is 0 Å². The fraction of sp³-hybridized carbons (Fsp3) is 0.333. The minimum absolute atomic E-state index is 0.0634. The van der Waals surface area contributed by atoms with Crippen molar-refractivity contribution in [3.63, 3.8) is 0 Å². The van der Waals surface area contributed by atoms with Crippen LogP contribution in [0.2, 0.25) is 0 Å². The summed E-state index contributed by atoms with van der Waals surface area (Å²) in [5.74, 6) is -0.773. The lowest BCUT2D eigenvalue weighted by molar-refractivity contribution is -0.139. The van der Waals surface area contributed by atoms with Gasteiger partial charge >= 0.3 is 5.97 Å². The van der Waals surface area contributed by atoms with Crippen molar-refractivity contribution < 1.29 is 23.7 Å². The van der Waals surface area contributed by atoms with Crippen molar-refractivity contribution in [3.8, 4) is 17.6 Å². The molecule has 1 aliphatic rings. The maximum absolute atomic E-state index is 12.6. The van der Waals surface area contributed by atoms with E-state index in [4.69, 9.17) is 36.3 Å². The van der Waals surface area contributed by atoms with Crippen molar-refractivity contribution in [2.24, 2.45) is 5.73 Å². The van der Waals surface area contributed by atoms with Crippen molar-refractivity contribution in [1.29, 1.82) is 5.26 Å². The van der Waals surface area contributed by atoms with Gasteiger partial charge in [-0.15, -0.1) is 11.6 Å². The number of hydrogen-bond acceptors (Lipinski definition) is 7. The van der Waals surface area contributed by atoms with Gasteiger partial charge in [0.15, 0.2) is 11.5 Å². The number of hydrogen-bond donors (Lipinski definition) is 1. The van der Waals surface area contributed by atoms with Gasteiger partial charge in [-0.3, -0.25) is 0 Å². The molecule has 138 valence electrons. The van der Waals surface area contributed by atoms with Gasteiger partial charge in [0.2, 0.25) is 5.88 Å². The van der Waals surface area contributed by atoms with Gasteiger partial charge in [-0.2, -0.15) is 5.26 Å². The molecule has 1 atom stereocenters. The number of methoxy groups -OCH3 is 2. The van der Waals surface area contributed by atoms with E-state index in [0.29, 0.717) is 17.1 Å². The number of rotatable bonds is 6. The number of benzene rings is 1. The second-order valence-corrected chi connectivity index (χ2v) is 5.47. The summed E-state index contributed by atoms with van der Waals surface area (Å²) in [5.41, 5.74) is 6.59. The zero-order chi connectivity index (χ0) is 19.3. The number of para-hydroxylation sites is 1. The summed E-state index contributed by atoms with van der Waals surface area (Å²) >= 11 is 5.95. The quantitative estimate of drug-likeness (QED) is 0.599. The fourth-order valence-corrected chi connectivity index (χ4v) is 3.00. The van der Waals surface area contributed by atoms with E-state index in [9.17, 15) is 10.1 Å². The van der Waals surface area contributed by atoms with Crippen LogP contribution < -0.4 is 15.2 Å². The highest BCUT2D eigenvalue weighted by molar-refractivity contribution is 6.19. The van der Waals surface area contributed by atoms with Crippen LogP contribution in [0.1, 0.15) is 18.4 Å². The van der Waals surface area contributed by atoms with Gasteiger partial charge < -0.3 is 24.7 Å². The predicted octanol–water partition coefficient (Wildman–Crippen LogP) is 2.57. The van der Waals surface area contributed by atoms with E-state index >= 15 is 0 Å². The number of nitriles is 1. The third-order valence-electron chi connectivity index (χ3n) is 3.86. The van der Waals surface area contributed by atoms with E-state index in [0.717, 1.165) is 0 Å². The van der Waals surface area contributed by atoms with E-state index in [1.807, 2.05) is 6.07 Å². The number of esters is 1. The number of ether oxygens (including phenoxy) is 4. The molecule has 0 radical (unpaired) electrons. The van der Waals surface area contributed by atoms with Crippen LogP contribution >= 0.6 is 11.6 Å². The lowest BCUT2D eigenvalue weighted by Gasteiger charge is -2.28. The third kappa shape index (κ3) is 3.41. The highest BCUT2D eigenvalue weighted by atomic mass is 35.5. The molecule has 0 fully saturated rings. The molecule has 1 aromatic carbocycles. The Morgan fingerprint density at radius 3 is 2.65 bits per heavy atom. The molecule has 0 aliphatic carbocycles. The van der Waals surface area contributed by atoms with Crippen LogP contribution in [0.25, 0.3) is 0 Å². The molecule has 8 heteroatoms. The summed E-state index contributed by atoms with van der Waals surface area (Å²) in [6, 6.07) is 7.15. The number of alkyl halides is 1. The third-order valence-corrected chi connectivity index (χ3v) is 4.10. The van der Waals surface area contributed by atoms with Gasteiger partial charge in [0, 0.05) is 5.56 Å². The Kier molecular flexibility index (Phi) is 6.36. The summed E-state index contributed by atoms with van der Waals surface area (Å²) in [5, 5.41) is 9.62. The average molecular weight is 379 g/mol. The summed E-state index contributed by atoms with van der Waals surface area (Å²) in [6.45, 7) is 1.83. The van der Waals surface area contributed by atoms with Gasteiger partial charge in [-0.05, 0) is 13.0 Å². The molecule has 0 bridgehead atoms. The fourth-order valence-electron chi connectivity index (χ4n) is 2.80. The van der Waals surface area contributed by atoms with Gasteiger partial charge in [0.05, 0.1) is 38.2 Å². The highest BCUT2D eigenvalue weighted by Crippen LogP contribution is 2.45. The molecule has 0 amide bonds. The first-order valence-corrected chi connectivity index (χ1v) is 8.31. The number of carbonyl (C=O) groups excluding carboxylic acids is 1. The Labute approximate surface area is 156 Å². The molecule has 2 N–H and O–H groups in total. The van der Waals surface area contributed by atoms with Crippen LogP contribution in [-0.4, -0.2) is 32.7 Å². The first-order valence-electron chi connectivity index (χ1n) is 7.78. The van der Waals surface area contributed by atoms with Crippen LogP contribution in [0.15, 0.2) is 41.0 Å². The van der Waals surface area contributed by atoms with Gasteiger partial charge in [-0.1, -0.05) is 12.1 Å². The number of nitrogens with two attached hydrogens (primary N) is 1. The van der Waals surface area contributed by atoms with E-state index in [1.54, 1.807) is 25.1 Å². The summed E-state index contributed by atoms with van der Waals surface area (Å²) in [4.78, 5) is 12.6. The van der Waals surface area contributed by atoms with Crippen LogP contribution in [-0.2, 0) is 14.3 Å². The molecule has 1 heterocycles. The molecular formula is C18H19ClN2O5. The SMILES string of the molecule is CCOC(=O)C1=C(CCl)OC(N)=C(C#N)C1c1cccc(OC)c1OC. The molecular weight excluding hydrogens is 360 g/mol. The number of carbonyl (C=O) groups is 1. The highest BCUT2D eigenvalue weighted by Gasteiger charge is 2.39. The second-order valence-electron chi connectivity index (χ2n) is 5.20. The maximum atomic E-state index is 12.6. The minimum atomic E-state index is -0.855. The molecule has 2 rings (SSSR count). The van der Waals surface area contributed by atoms with Crippen molar-refractivity contribution in [2.75, 3.05) is 26.7 Å². The number of nitrogens with zero attached hydrogens (tertiary/aromatic N) is 1. The molecule has 7 nitrogen and oxygen atoms in total. The summed E-state index contributed by atoms with van der Waals surface area (Å²) in [6.07, 6.45) is 0. The van der Waals surface area contributed by atoms with E-state index in [-0.39, 0.29) is 35.3 Å². The Balaban J connectivity index is 2.78. The molecule has 26 heavy (non-hydrogen) atoms. The normalized spacial score (nSPS) is 16.7. The summed E-state index contributed by atoms with van der Waals surface area (Å²) < 4.78 is 21.3. The first kappa shape index (κ1) is 19.5. The predicted molar refractivity (Wildman–Crippen MR) is 94.6 cm³/mol. The molecule has 1 unspecified atom stereocenters. The van der Waals surface area contributed by atoms with Crippen LogP contribution in [0, 0.1) is 11.3 Å². The van der Waals surface area contributed by atoms with Gasteiger partial charge in [0.25, 0.3) is 0 Å². The number of allylic oxidation sites excluding steroid dienone is 2. The molecule has 0 spiro atoms. The molecule has 0 saturated carbocycles. The first-order chi connectivity index (χ1) is 12.5. The van der Waals surface area contributed by atoms with Crippen molar-refractivity contribution in [1.82, 2.24) is 0 Å². The molecule has 1 aromatic rings.